The lowest BCUT2D eigenvalue weighted by Gasteiger charge is -2.08. The minimum absolute atomic E-state index is 0.194. The smallest absolute Gasteiger partial charge is 0.340 e. The summed E-state index contributed by atoms with van der Waals surface area (Å²) in [6.45, 7) is 0.542. The van der Waals surface area contributed by atoms with E-state index < -0.39 is 0 Å². The Morgan fingerprint density at radius 1 is 1.25 bits per heavy atom. The molecule has 2 nitrogen and oxygen atoms in total. The summed E-state index contributed by atoms with van der Waals surface area (Å²) < 4.78 is 8.31. The first-order valence-electron chi connectivity index (χ1n) is 4.88. The van der Waals surface area contributed by atoms with Crippen LogP contribution in [-0.2, 0) is 4.74 Å². The topological polar surface area (TPSA) is 26.3 Å². The van der Waals surface area contributed by atoms with Crippen LogP contribution in [0.4, 0.5) is 0 Å². The average molecular weight is 572 g/mol. The van der Waals surface area contributed by atoms with Crippen LogP contribution < -0.4 is 0 Å². The molecule has 0 unspecified atom stereocenters. The molecule has 0 bridgehead atoms. The summed E-state index contributed by atoms with van der Waals surface area (Å²) in [6, 6.07) is 5.16. The van der Waals surface area contributed by atoms with Gasteiger partial charge in [-0.3, -0.25) is 0 Å². The molecule has 0 radical (unpaired) electrons. The molecule has 0 spiro atoms. The van der Waals surface area contributed by atoms with Crippen LogP contribution in [0.3, 0.4) is 0 Å². The molecule has 1 aromatic carbocycles. The van der Waals surface area contributed by atoms with Gasteiger partial charge in [-0.05, 0) is 86.3 Å². The lowest BCUT2D eigenvalue weighted by atomic mass is 10.2. The third kappa shape index (κ3) is 4.41. The van der Waals surface area contributed by atoms with Crippen molar-refractivity contribution in [3.8, 4) is 0 Å². The van der Waals surface area contributed by atoms with Crippen LogP contribution in [0.2, 0.25) is 6.04 Å². The second-order valence-electron chi connectivity index (χ2n) is 3.23. The number of benzene rings is 1. The molecule has 0 saturated heterocycles. The van der Waals surface area contributed by atoms with Gasteiger partial charge in [0.25, 0.3) is 0 Å². The molecule has 0 heterocycles. The molecule has 0 saturated carbocycles. The van der Waals surface area contributed by atoms with Gasteiger partial charge < -0.3 is 4.74 Å². The molecular formula is C10H11I3O2Si. The van der Waals surface area contributed by atoms with Gasteiger partial charge in [0.15, 0.2) is 0 Å². The van der Waals surface area contributed by atoms with E-state index in [0.29, 0.717) is 12.2 Å². The van der Waals surface area contributed by atoms with E-state index in [2.05, 4.69) is 67.8 Å². The van der Waals surface area contributed by atoms with Crippen molar-refractivity contribution in [2.24, 2.45) is 0 Å². The summed E-state index contributed by atoms with van der Waals surface area (Å²) >= 11 is 6.62. The normalized spacial score (nSPS) is 10.4. The van der Waals surface area contributed by atoms with E-state index in [4.69, 9.17) is 4.74 Å². The van der Waals surface area contributed by atoms with Gasteiger partial charge in [-0.25, -0.2) is 4.79 Å². The van der Waals surface area contributed by atoms with Crippen molar-refractivity contribution in [2.75, 3.05) is 6.61 Å². The van der Waals surface area contributed by atoms with Gasteiger partial charge in [0, 0.05) is 21.0 Å². The van der Waals surface area contributed by atoms with Crippen molar-refractivity contribution in [3.05, 3.63) is 28.4 Å². The number of halogens is 3. The fourth-order valence-corrected chi connectivity index (χ4v) is 5.43. The van der Waals surface area contributed by atoms with Crippen molar-refractivity contribution in [1.29, 1.82) is 0 Å². The Balaban J connectivity index is 2.83. The molecule has 88 valence electrons. The number of carbonyl (C=O) groups is 1. The van der Waals surface area contributed by atoms with Crippen molar-refractivity contribution in [3.63, 3.8) is 0 Å². The van der Waals surface area contributed by atoms with Gasteiger partial charge in [-0.1, -0.05) is 6.04 Å². The number of hydrogen-bond donors (Lipinski definition) is 0. The summed E-state index contributed by atoms with van der Waals surface area (Å²) in [4.78, 5) is 11.8. The van der Waals surface area contributed by atoms with Gasteiger partial charge in [0.1, 0.15) is 0 Å². The first-order chi connectivity index (χ1) is 7.56. The Kier molecular flexibility index (Phi) is 7.12. The SMILES string of the molecule is O=C(OCCC[SiH3])c1c(I)cc(I)cc1I. The van der Waals surface area contributed by atoms with E-state index in [1.807, 2.05) is 12.1 Å². The Hall–Kier alpha value is 1.10. The molecule has 6 heteroatoms. The van der Waals surface area contributed by atoms with E-state index >= 15 is 0 Å². The van der Waals surface area contributed by atoms with Crippen LogP contribution in [0.1, 0.15) is 16.8 Å². The third-order valence-corrected chi connectivity index (χ3v) is 4.97. The fourth-order valence-electron chi connectivity index (χ4n) is 1.12. The van der Waals surface area contributed by atoms with E-state index in [-0.39, 0.29) is 5.97 Å². The van der Waals surface area contributed by atoms with Gasteiger partial charge >= 0.3 is 5.97 Å². The molecule has 0 aliphatic carbocycles. The highest BCUT2D eigenvalue weighted by molar-refractivity contribution is 14.1. The maximum atomic E-state index is 11.8. The highest BCUT2D eigenvalue weighted by Gasteiger charge is 2.16. The highest BCUT2D eigenvalue weighted by Crippen LogP contribution is 2.23. The van der Waals surface area contributed by atoms with E-state index in [1.54, 1.807) is 0 Å². The van der Waals surface area contributed by atoms with Crippen molar-refractivity contribution >= 4 is 84.0 Å². The standard InChI is InChI=1S/C10H11I3O2Si/c11-6-4-7(12)9(8(13)5-6)10(14)15-2-1-3-16/h4-5H,1-3H2,16H3. The second-order valence-corrected chi connectivity index (χ2v) is 7.80. The largest absolute Gasteiger partial charge is 0.462 e. The molecule has 0 fully saturated rings. The Morgan fingerprint density at radius 2 is 1.81 bits per heavy atom. The van der Waals surface area contributed by atoms with Crippen LogP contribution in [0, 0.1) is 10.7 Å². The summed E-state index contributed by atoms with van der Waals surface area (Å²) in [5.41, 5.74) is 0.704. The predicted octanol–water partition coefficient (Wildman–Crippen LogP) is 2.83. The van der Waals surface area contributed by atoms with Crippen molar-refractivity contribution < 1.29 is 9.53 Å². The van der Waals surface area contributed by atoms with Gasteiger partial charge in [0.2, 0.25) is 0 Å². The first-order valence-corrected chi connectivity index (χ1v) is 9.53. The molecule has 0 aromatic heterocycles. The zero-order valence-electron chi connectivity index (χ0n) is 8.73. The number of carbonyl (C=O) groups excluding carboxylic acids is 1. The maximum Gasteiger partial charge on any atom is 0.340 e. The summed E-state index contributed by atoms with van der Waals surface area (Å²) in [5, 5.41) is 0. The summed E-state index contributed by atoms with van der Waals surface area (Å²) in [5.74, 6) is -0.194. The van der Waals surface area contributed by atoms with Crippen LogP contribution in [0.25, 0.3) is 0 Å². The number of ether oxygens (including phenoxy) is 1. The van der Waals surface area contributed by atoms with Crippen LogP contribution in [0.5, 0.6) is 0 Å². The third-order valence-electron chi connectivity index (χ3n) is 1.94. The lowest BCUT2D eigenvalue weighted by Crippen LogP contribution is -2.10. The predicted molar refractivity (Wildman–Crippen MR) is 94.2 cm³/mol. The zero-order chi connectivity index (χ0) is 12.1. The molecular weight excluding hydrogens is 561 g/mol. The average Bonchev–Trinajstić information content (AvgIpc) is 2.16. The van der Waals surface area contributed by atoms with E-state index in [9.17, 15) is 4.79 Å². The molecule has 1 aromatic rings. The zero-order valence-corrected chi connectivity index (χ0v) is 17.2. The van der Waals surface area contributed by atoms with Crippen LogP contribution in [-0.4, -0.2) is 22.8 Å². The highest BCUT2D eigenvalue weighted by atomic mass is 127. The van der Waals surface area contributed by atoms with Gasteiger partial charge in [0.05, 0.1) is 12.2 Å². The molecule has 0 N–H and O–H groups in total. The molecule has 1 rings (SSSR count). The molecule has 16 heavy (non-hydrogen) atoms. The summed E-state index contributed by atoms with van der Waals surface area (Å²) in [7, 11) is 1.17. The van der Waals surface area contributed by atoms with Crippen molar-refractivity contribution in [2.45, 2.75) is 12.5 Å². The minimum Gasteiger partial charge on any atom is -0.462 e. The van der Waals surface area contributed by atoms with E-state index in [1.165, 1.54) is 16.3 Å². The van der Waals surface area contributed by atoms with Crippen LogP contribution >= 0.6 is 67.8 Å². The van der Waals surface area contributed by atoms with Gasteiger partial charge in [-0.15, -0.1) is 0 Å². The number of hydrogen-bond acceptors (Lipinski definition) is 2. The van der Waals surface area contributed by atoms with Crippen molar-refractivity contribution in [1.82, 2.24) is 0 Å². The fraction of sp³-hybridized carbons (Fsp3) is 0.300. The van der Waals surface area contributed by atoms with Crippen LogP contribution in [0.15, 0.2) is 12.1 Å². The molecule has 0 amide bonds. The summed E-state index contributed by atoms with van der Waals surface area (Å²) in [6.07, 6.45) is 0.982. The van der Waals surface area contributed by atoms with E-state index in [0.717, 1.165) is 17.1 Å². The molecule has 0 aliphatic rings. The monoisotopic (exact) mass is 572 g/mol. The molecule has 0 aliphatic heterocycles. The first kappa shape index (κ1) is 15.2. The van der Waals surface area contributed by atoms with Gasteiger partial charge in [-0.2, -0.15) is 0 Å². The Labute approximate surface area is 139 Å². The Bertz CT molecular complexity index is 373. The Morgan fingerprint density at radius 3 is 2.31 bits per heavy atom. The maximum absolute atomic E-state index is 11.8. The quantitative estimate of drug-likeness (QED) is 0.241. The number of esters is 1. The lowest BCUT2D eigenvalue weighted by molar-refractivity contribution is 0.0503. The minimum atomic E-state index is -0.194. The molecule has 0 atom stereocenters. The number of rotatable bonds is 4. The second kappa shape index (κ2) is 7.51.